The smallest absolute Gasteiger partial charge is 0.337 e. The molecule has 1 unspecified atom stereocenters. The largest absolute Gasteiger partial charge is 0.465 e. The lowest BCUT2D eigenvalue weighted by atomic mass is 10.2. The molecule has 0 aromatic heterocycles. The molecule has 5 heteroatoms. The zero-order chi connectivity index (χ0) is 14.3. The molecule has 1 aromatic carbocycles. The first kappa shape index (κ1) is 15.2. The minimum Gasteiger partial charge on any atom is -0.465 e. The van der Waals surface area contributed by atoms with Crippen LogP contribution in [0, 0.1) is 0 Å². The third kappa shape index (κ3) is 5.09. The van der Waals surface area contributed by atoms with Gasteiger partial charge < -0.3 is 15.4 Å². The van der Waals surface area contributed by atoms with Crippen molar-refractivity contribution >= 4 is 17.6 Å². The van der Waals surface area contributed by atoms with Crippen LogP contribution in [0.5, 0.6) is 0 Å². The van der Waals surface area contributed by atoms with Gasteiger partial charge in [0, 0.05) is 11.7 Å². The van der Waals surface area contributed by atoms with Crippen LogP contribution in [-0.2, 0) is 9.53 Å². The van der Waals surface area contributed by atoms with Gasteiger partial charge in [-0.15, -0.1) is 0 Å². The van der Waals surface area contributed by atoms with Crippen LogP contribution in [0.1, 0.15) is 30.6 Å². The van der Waals surface area contributed by atoms with Crippen LogP contribution < -0.4 is 10.6 Å². The molecule has 104 valence electrons. The van der Waals surface area contributed by atoms with Gasteiger partial charge in [0.2, 0.25) is 5.91 Å². The molecule has 0 aliphatic heterocycles. The summed E-state index contributed by atoms with van der Waals surface area (Å²) in [6, 6.07) is 6.89. The summed E-state index contributed by atoms with van der Waals surface area (Å²) < 4.78 is 4.60. The molecule has 0 radical (unpaired) electrons. The molecule has 0 saturated heterocycles. The number of hydrogen-bond acceptors (Lipinski definition) is 4. The maximum Gasteiger partial charge on any atom is 0.337 e. The fourth-order valence-corrected chi connectivity index (χ4v) is 1.42. The maximum absolute atomic E-state index is 11.6. The highest BCUT2D eigenvalue weighted by Crippen LogP contribution is 2.10. The lowest BCUT2D eigenvalue weighted by Gasteiger charge is -2.11. The molecule has 1 atom stereocenters. The number of hydrogen-bond donors (Lipinski definition) is 2. The highest BCUT2D eigenvalue weighted by molar-refractivity contribution is 5.93. The summed E-state index contributed by atoms with van der Waals surface area (Å²) in [5.41, 5.74) is 1.11. The topological polar surface area (TPSA) is 67.4 Å². The summed E-state index contributed by atoms with van der Waals surface area (Å²) in [6.45, 7) is 4.35. The van der Waals surface area contributed by atoms with Gasteiger partial charge in [-0.25, -0.2) is 4.79 Å². The summed E-state index contributed by atoms with van der Waals surface area (Å²) in [7, 11) is 1.33. The standard InChI is InChI=1S/C14H20N2O3/c1-4-10(2)15-9-13(17)16-12-7-5-11(6-8-12)14(18)19-3/h5-8,10,15H,4,9H2,1-3H3,(H,16,17). The van der Waals surface area contributed by atoms with Gasteiger partial charge in [0.1, 0.15) is 0 Å². The SMILES string of the molecule is CCC(C)NCC(=O)Nc1ccc(C(=O)OC)cc1. The van der Waals surface area contributed by atoms with Crippen LogP contribution in [-0.4, -0.2) is 31.6 Å². The van der Waals surface area contributed by atoms with E-state index in [4.69, 9.17) is 0 Å². The number of nitrogens with one attached hydrogen (secondary N) is 2. The van der Waals surface area contributed by atoms with Crippen molar-refractivity contribution in [2.24, 2.45) is 0 Å². The van der Waals surface area contributed by atoms with E-state index < -0.39 is 5.97 Å². The van der Waals surface area contributed by atoms with Crippen molar-refractivity contribution < 1.29 is 14.3 Å². The van der Waals surface area contributed by atoms with Crippen molar-refractivity contribution in [3.8, 4) is 0 Å². The van der Waals surface area contributed by atoms with E-state index in [9.17, 15) is 9.59 Å². The van der Waals surface area contributed by atoms with Gasteiger partial charge in [0.25, 0.3) is 0 Å². The first-order valence-electron chi connectivity index (χ1n) is 6.28. The Kier molecular flexibility index (Phi) is 6.02. The van der Waals surface area contributed by atoms with E-state index in [1.165, 1.54) is 7.11 Å². The van der Waals surface area contributed by atoms with Gasteiger partial charge in [0.05, 0.1) is 19.2 Å². The van der Waals surface area contributed by atoms with E-state index in [2.05, 4.69) is 22.3 Å². The fourth-order valence-electron chi connectivity index (χ4n) is 1.42. The summed E-state index contributed by atoms with van der Waals surface area (Å²) >= 11 is 0. The average Bonchev–Trinajstić information content (AvgIpc) is 2.44. The van der Waals surface area contributed by atoms with Crippen LogP contribution in [0.3, 0.4) is 0 Å². The Morgan fingerprint density at radius 2 is 1.89 bits per heavy atom. The minimum atomic E-state index is -0.392. The molecule has 0 spiro atoms. The van der Waals surface area contributed by atoms with E-state index in [-0.39, 0.29) is 12.5 Å². The molecule has 0 fully saturated rings. The third-order valence-electron chi connectivity index (χ3n) is 2.81. The van der Waals surface area contributed by atoms with Gasteiger partial charge >= 0.3 is 5.97 Å². The number of ether oxygens (including phenoxy) is 1. The van der Waals surface area contributed by atoms with Crippen molar-refractivity contribution in [2.75, 3.05) is 19.0 Å². The normalized spacial score (nSPS) is 11.7. The van der Waals surface area contributed by atoms with E-state index in [0.717, 1.165) is 6.42 Å². The molecule has 1 rings (SSSR count). The fraction of sp³-hybridized carbons (Fsp3) is 0.429. The Bertz CT molecular complexity index is 429. The van der Waals surface area contributed by atoms with Crippen LogP contribution in [0.25, 0.3) is 0 Å². The van der Waals surface area contributed by atoms with Crippen LogP contribution >= 0.6 is 0 Å². The molecule has 1 aromatic rings. The Balaban J connectivity index is 2.49. The second-order valence-electron chi connectivity index (χ2n) is 4.31. The van der Waals surface area contributed by atoms with E-state index >= 15 is 0 Å². The second-order valence-corrected chi connectivity index (χ2v) is 4.31. The summed E-state index contributed by atoms with van der Waals surface area (Å²) in [5.74, 6) is -0.498. The van der Waals surface area contributed by atoms with Gasteiger partial charge in [-0.05, 0) is 37.6 Å². The lowest BCUT2D eigenvalue weighted by Crippen LogP contribution is -2.33. The summed E-state index contributed by atoms with van der Waals surface area (Å²) in [6.07, 6.45) is 0.973. The van der Waals surface area contributed by atoms with E-state index in [1.807, 2.05) is 6.92 Å². The van der Waals surface area contributed by atoms with Gasteiger partial charge in [0.15, 0.2) is 0 Å². The molecular formula is C14H20N2O3. The number of amides is 1. The Hall–Kier alpha value is -1.88. The van der Waals surface area contributed by atoms with Crippen molar-refractivity contribution in [2.45, 2.75) is 26.3 Å². The van der Waals surface area contributed by atoms with E-state index in [0.29, 0.717) is 17.3 Å². The molecular weight excluding hydrogens is 244 g/mol. The monoisotopic (exact) mass is 264 g/mol. The number of esters is 1. The predicted octanol–water partition coefficient (Wildman–Crippen LogP) is 1.80. The molecule has 0 heterocycles. The predicted molar refractivity (Wildman–Crippen MR) is 74.2 cm³/mol. The number of carbonyl (C=O) groups excluding carboxylic acids is 2. The van der Waals surface area contributed by atoms with Crippen molar-refractivity contribution in [3.63, 3.8) is 0 Å². The third-order valence-corrected chi connectivity index (χ3v) is 2.81. The molecule has 0 bridgehead atoms. The van der Waals surface area contributed by atoms with E-state index in [1.54, 1.807) is 24.3 Å². The molecule has 2 N–H and O–H groups in total. The molecule has 5 nitrogen and oxygen atoms in total. The van der Waals surface area contributed by atoms with Crippen molar-refractivity contribution in [3.05, 3.63) is 29.8 Å². The number of anilines is 1. The van der Waals surface area contributed by atoms with Crippen molar-refractivity contribution in [1.82, 2.24) is 5.32 Å². The summed E-state index contributed by atoms with van der Waals surface area (Å²) in [5, 5.41) is 5.86. The number of rotatable bonds is 6. The van der Waals surface area contributed by atoms with Crippen LogP contribution in [0.2, 0.25) is 0 Å². The van der Waals surface area contributed by atoms with Crippen molar-refractivity contribution in [1.29, 1.82) is 0 Å². The molecule has 19 heavy (non-hydrogen) atoms. The maximum atomic E-state index is 11.6. The van der Waals surface area contributed by atoms with Gasteiger partial charge in [-0.2, -0.15) is 0 Å². The minimum absolute atomic E-state index is 0.105. The molecule has 0 saturated carbocycles. The van der Waals surface area contributed by atoms with Crippen LogP contribution in [0.4, 0.5) is 5.69 Å². The molecule has 1 amide bonds. The van der Waals surface area contributed by atoms with Gasteiger partial charge in [-0.3, -0.25) is 4.79 Å². The zero-order valence-corrected chi connectivity index (χ0v) is 11.5. The first-order valence-corrected chi connectivity index (χ1v) is 6.28. The molecule has 0 aliphatic rings. The quantitative estimate of drug-likeness (QED) is 0.769. The highest BCUT2D eigenvalue weighted by Gasteiger charge is 2.07. The number of benzene rings is 1. The average molecular weight is 264 g/mol. The number of methoxy groups -OCH3 is 1. The Morgan fingerprint density at radius 1 is 1.26 bits per heavy atom. The van der Waals surface area contributed by atoms with Gasteiger partial charge in [-0.1, -0.05) is 6.92 Å². The Morgan fingerprint density at radius 3 is 2.42 bits per heavy atom. The highest BCUT2D eigenvalue weighted by atomic mass is 16.5. The molecule has 0 aliphatic carbocycles. The second kappa shape index (κ2) is 7.53. The van der Waals surface area contributed by atoms with Crippen LogP contribution in [0.15, 0.2) is 24.3 Å². The lowest BCUT2D eigenvalue weighted by molar-refractivity contribution is -0.115. The Labute approximate surface area is 113 Å². The summed E-state index contributed by atoms with van der Waals surface area (Å²) in [4.78, 5) is 22.9. The zero-order valence-electron chi connectivity index (χ0n) is 11.5. The first-order chi connectivity index (χ1) is 9.06. The number of carbonyl (C=O) groups is 2.